The van der Waals surface area contributed by atoms with Crippen LogP contribution in [-0.4, -0.2) is 6.04 Å². The fraction of sp³-hybridized carbons (Fsp3) is 0.625. The molecule has 0 heterocycles. The molecule has 1 aliphatic rings. The van der Waals surface area contributed by atoms with E-state index in [2.05, 4.69) is 31.2 Å². The second kappa shape index (κ2) is 6.20. The van der Waals surface area contributed by atoms with Gasteiger partial charge in [0.25, 0.3) is 0 Å². The Morgan fingerprint density at radius 2 is 2.00 bits per heavy atom. The standard InChI is InChI=1S/C16H25N/c1-2-7-13-8-6-9-14(12-13)15-10-4-3-5-11-16(15)17/h6,8-9,12,15-16H,2-5,7,10-11,17H2,1H3. The van der Waals surface area contributed by atoms with Gasteiger partial charge in [-0.3, -0.25) is 0 Å². The van der Waals surface area contributed by atoms with E-state index >= 15 is 0 Å². The molecule has 17 heavy (non-hydrogen) atoms. The minimum Gasteiger partial charge on any atom is -0.327 e. The lowest BCUT2D eigenvalue weighted by atomic mass is 9.87. The smallest absolute Gasteiger partial charge is 0.0108 e. The third-order valence-corrected chi connectivity index (χ3v) is 3.99. The van der Waals surface area contributed by atoms with Gasteiger partial charge in [-0.05, 0) is 36.3 Å². The van der Waals surface area contributed by atoms with Gasteiger partial charge >= 0.3 is 0 Å². The van der Waals surface area contributed by atoms with Gasteiger partial charge in [0.15, 0.2) is 0 Å². The highest BCUT2D eigenvalue weighted by Crippen LogP contribution is 2.31. The van der Waals surface area contributed by atoms with Crippen LogP contribution in [0.15, 0.2) is 24.3 Å². The Morgan fingerprint density at radius 1 is 1.18 bits per heavy atom. The van der Waals surface area contributed by atoms with Crippen molar-refractivity contribution in [3.8, 4) is 0 Å². The topological polar surface area (TPSA) is 26.0 Å². The number of hydrogen-bond acceptors (Lipinski definition) is 1. The Hall–Kier alpha value is -0.820. The molecule has 1 aromatic rings. The van der Waals surface area contributed by atoms with Crippen LogP contribution in [0.25, 0.3) is 0 Å². The predicted molar refractivity (Wildman–Crippen MR) is 74.2 cm³/mol. The monoisotopic (exact) mass is 231 g/mol. The summed E-state index contributed by atoms with van der Waals surface area (Å²) in [6.45, 7) is 2.24. The van der Waals surface area contributed by atoms with E-state index in [4.69, 9.17) is 5.73 Å². The van der Waals surface area contributed by atoms with Crippen molar-refractivity contribution in [3.63, 3.8) is 0 Å². The van der Waals surface area contributed by atoms with Crippen molar-refractivity contribution in [1.29, 1.82) is 0 Å². The number of nitrogens with two attached hydrogens (primary N) is 1. The Balaban J connectivity index is 2.16. The number of rotatable bonds is 3. The van der Waals surface area contributed by atoms with Crippen LogP contribution in [0.1, 0.15) is 62.5 Å². The zero-order chi connectivity index (χ0) is 12.1. The highest BCUT2D eigenvalue weighted by molar-refractivity contribution is 5.27. The lowest BCUT2D eigenvalue weighted by Crippen LogP contribution is -2.27. The van der Waals surface area contributed by atoms with E-state index in [1.54, 1.807) is 0 Å². The van der Waals surface area contributed by atoms with Crippen molar-refractivity contribution >= 4 is 0 Å². The highest BCUT2D eigenvalue weighted by Gasteiger charge is 2.21. The maximum absolute atomic E-state index is 6.34. The van der Waals surface area contributed by atoms with E-state index in [0.29, 0.717) is 12.0 Å². The van der Waals surface area contributed by atoms with Crippen molar-refractivity contribution in [2.45, 2.75) is 63.8 Å². The molecule has 0 aromatic heterocycles. The summed E-state index contributed by atoms with van der Waals surface area (Å²) in [5, 5.41) is 0. The molecule has 0 radical (unpaired) electrons. The Labute approximate surface area is 105 Å². The van der Waals surface area contributed by atoms with Gasteiger partial charge in [0.05, 0.1) is 0 Å². The highest BCUT2D eigenvalue weighted by atomic mass is 14.6. The maximum Gasteiger partial charge on any atom is 0.0108 e. The van der Waals surface area contributed by atoms with Gasteiger partial charge in [0, 0.05) is 6.04 Å². The van der Waals surface area contributed by atoms with E-state index in [1.807, 2.05) is 0 Å². The summed E-state index contributed by atoms with van der Waals surface area (Å²) in [4.78, 5) is 0. The van der Waals surface area contributed by atoms with Gasteiger partial charge in [-0.2, -0.15) is 0 Å². The SMILES string of the molecule is CCCc1cccc(C2CCCCCC2N)c1. The summed E-state index contributed by atoms with van der Waals surface area (Å²) < 4.78 is 0. The summed E-state index contributed by atoms with van der Waals surface area (Å²) in [6.07, 6.45) is 8.90. The lowest BCUT2D eigenvalue weighted by Gasteiger charge is -2.22. The van der Waals surface area contributed by atoms with Crippen LogP contribution in [-0.2, 0) is 6.42 Å². The normalized spacial score (nSPS) is 25.5. The summed E-state index contributed by atoms with van der Waals surface area (Å²) >= 11 is 0. The Kier molecular flexibility index (Phi) is 4.61. The molecule has 2 rings (SSSR count). The molecule has 2 unspecified atom stereocenters. The fourth-order valence-electron chi connectivity index (χ4n) is 3.02. The summed E-state index contributed by atoms with van der Waals surface area (Å²) in [5.74, 6) is 0.592. The molecule has 1 saturated carbocycles. The summed E-state index contributed by atoms with van der Waals surface area (Å²) in [7, 11) is 0. The molecule has 0 aliphatic heterocycles. The van der Waals surface area contributed by atoms with Crippen molar-refractivity contribution < 1.29 is 0 Å². The quantitative estimate of drug-likeness (QED) is 0.781. The molecule has 1 fully saturated rings. The average molecular weight is 231 g/mol. The average Bonchev–Trinajstić information content (AvgIpc) is 2.55. The van der Waals surface area contributed by atoms with E-state index in [0.717, 1.165) is 0 Å². The zero-order valence-electron chi connectivity index (χ0n) is 11.0. The van der Waals surface area contributed by atoms with Crippen LogP contribution in [0.2, 0.25) is 0 Å². The first-order valence-corrected chi connectivity index (χ1v) is 7.15. The molecule has 1 aromatic carbocycles. The maximum atomic E-state index is 6.34. The lowest BCUT2D eigenvalue weighted by molar-refractivity contribution is 0.505. The number of aryl methyl sites for hydroxylation is 1. The van der Waals surface area contributed by atoms with E-state index < -0.39 is 0 Å². The Morgan fingerprint density at radius 3 is 2.82 bits per heavy atom. The van der Waals surface area contributed by atoms with Crippen molar-refractivity contribution in [1.82, 2.24) is 0 Å². The molecular formula is C16H25N. The van der Waals surface area contributed by atoms with Gasteiger partial charge in [-0.1, -0.05) is 56.9 Å². The van der Waals surface area contributed by atoms with Gasteiger partial charge in [-0.15, -0.1) is 0 Å². The van der Waals surface area contributed by atoms with Crippen LogP contribution in [0, 0.1) is 0 Å². The second-order valence-electron chi connectivity index (χ2n) is 5.40. The molecule has 0 bridgehead atoms. The van der Waals surface area contributed by atoms with Crippen molar-refractivity contribution in [3.05, 3.63) is 35.4 Å². The molecular weight excluding hydrogens is 206 g/mol. The van der Waals surface area contributed by atoms with Crippen molar-refractivity contribution in [2.24, 2.45) is 5.73 Å². The fourth-order valence-corrected chi connectivity index (χ4v) is 3.02. The van der Waals surface area contributed by atoms with Crippen LogP contribution in [0.4, 0.5) is 0 Å². The minimum absolute atomic E-state index is 0.370. The van der Waals surface area contributed by atoms with Gasteiger partial charge in [0.2, 0.25) is 0 Å². The van der Waals surface area contributed by atoms with Crippen molar-refractivity contribution in [2.75, 3.05) is 0 Å². The predicted octanol–water partition coefficient (Wildman–Crippen LogP) is 4.01. The first-order chi connectivity index (χ1) is 8.31. The third-order valence-electron chi connectivity index (χ3n) is 3.99. The molecule has 1 nitrogen and oxygen atoms in total. The molecule has 0 saturated heterocycles. The second-order valence-corrected chi connectivity index (χ2v) is 5.40. The van der Waals surface area contributed by atoms with Crippen LogP contribution in [0.5, 0.6) is 0 Å². The van der Waals surface area contributed by atoms with Gasteiger partial charge in [0.1, 0.15) is 0 Å². The van der Waals surface area contributed by atoms with E-state index in [-0.39, 0.29) is 0 Å². The zero-order valence-corrected chi connectivity index (χ0v) is 11.0. The molecule has 0 amide bonds. The van der Waals surface area contributed by atoms with Crippen LogP contribution >= 0.6 is 0 Å². The largest absolute Gasteiger partial charge is 0.327 e. The van der Waals surface area contributed by atoms with Crippen LogP contribution < -0.4 is 5.73 Å². The van der Waals surface area contributed by atoms with E-state index in [1.165, 1.54) is 56.1 Å². The molecule has 1 heteroatoms. The molecule has 94 valence electrons. The molecule has 2 N–H and O–H groups in total. The first-order valence-electron chi connectivity index (χ1n) is 7.15. The molecule has 2 atom stereocenters. The van der Waals surface area contributed by atoms with Gasteiger partial charge in [-0.25, -0.2) is 0 Å². The minimum atomic E-state index is 0.370. The summed E-state index contributed by atoms with van der Waals surface area (Å²) in [5.41, 5.74) is 9.29. The molecule has 1 aliphatic carbocycles. The van der Waals surface area contributed by atoms with Gasteiger partial charge < -0.3 is 5.73 Å². The van der Waals surface area contributed by atoms with Crippen LogP contribution in [0.3, 0.4) is 0 Å². The summed E-state index contributed by atoms with van der Waals surface area (Å²) in [6, 6.07) is 9.48. The number of hydrogen-bond donors (Lipinski definition) is 1. The third kappa shape index (κ3) is 3.32. The first kappa shape index (κ1) is 12.6. The number of benzene rings is 1. The molecule has 0 spiro atoms. The Bertz CT molecular complexity index is 345. The van der Waals surface area contributed by atoms with E-state index in [9.17, 15) is 0 Å².